The average Bonchev–Trinajstić information content (AvgIpc) is 3.15. The monoisotopic (exact) mass is 426 g/mol. The Morgan fingerprint density at radius 2 is 1.85 bits per heavy atom. The number of nitrogens with one attached hydrogen (secondary N) is 1. The van der Waals surface area contributed by atoms with E-state index in [1.807, 2.05) is 24.3 Å². The second kappa shape index (κ2) is 8.73. The zero-order chi connectivity index (χ0) is 19.4. The molecule has 0 unspecified atom stereocenters. The van der Waals surface area contributed by atoms with E-state index in [9.17, 15) is 13.2 Å². The molecule has 27 heavy (non-hydrogen) atoms. The average molecular weight is 427 g/mol. The fourth-order valence-electron chi connectivity index (χ4n) is 2.99. The molecule has 0 spiro atoms. The van der Waals surface area contributed by atoms with Crippen molar-refractivity contribution in [3.63, 3.8) is 0 Å². The molecule has 3 rings (SSSR count). The van der Waals surface area contributed by atoms with Crippen LogP contribution >= 0.6 is 22.9 Å². The predicted octanol–water partition coefficient (Wildman–Crippen LogP) is 3.79. The molecule has 0 atom stereocenters. The van der Waals surface area contributed by atoms with Crippen molar-refractivity contribution in [2.24, 2.45) is 5.92 Å². The molecule has 1 saturated heterocycles. The van der Waals surface area contributed by atoms with E-state index in [0.717, 1.165) is 29.7 Å². The molecule has 0 saturated carbocycles. The van der Waals surface area contributed by atoms with Gasteiger partial charge in [0, 0.05) is 24.7 Å². The van der Waals surface area contributed by atoms with Crippen molar-refractivity contribution in [2.45, 2.75) is 30.4 Å². The fourth-order valence-corrected chi connectivity index (χ4v) is 5.96. The molecule has 1 fully saturated rings. The van der Waals surface area contributed by atoms with Crippen LogP contribution in [0.5, 0.6) is 0 Å². The summed E-state index contributed by atoms with van der Waals surface area (Å²) in [5.74, 6) is 0.310. The third-order valence-corrected chi connectivity index (χ3v) is 8.46. The van der Waals surface area contributed by atoms with Crippen molar-refractivity contribution >= 4 is 38.9 Å². The van der Waals surface area contributed by atoms with Crippen molar-refractivity contribution < 1.29 is 13.2 Å². The molecule has 1 amide bonds. The summed E-state index contributed by atoms with van der Waals surface area (Å²) in [5, 5.41) is 3.52. The van der Waals surface area contributed by atoms with Crippen LogP contribution in [0.15, 0.2) is 40.6 Å². The maximum Gasteiger partial charge on any atom is 0.261 e. The number of halogens is 1. The van der Waals surface area contributed by atoms with Crippen LogP contribution in [-0.2, 0) is 16.4 Å². The lowest BCUT2D eigenvalue weighted by molar-refractivity contribution is 0.0958. The van der Waals surface area contributed by atoms with Crippen LogP contribution in [0.2, 0.25) is 5.02 Å². The second-order valence-electron chi connectivity index (χ2n) is 6.84. The third-order valence-electron chi connectivity index (χ3n) is 4.75. The summed E-state index contributed by atoms with van der Waals surface area (Å²) in [7, 11) is -3.51. The van der Waals surface area contributed by atoms with Crippen LogP contribution in [0.1, 0.15) is 35.0 Å². The topological polar surface area (TPSA) is 66.5 Å². The number of sulfonamides is 1. The first-order valence-corrected chi connectivity index (χ1v) is 11.6. The normalized spacial score (nSPS) is 16.4. The van der Waals surface area contributed by atoms with Gasteiger partial charge in [0.15, 0.2) is 0 Å². The summed E-state index contributed by atoms with van der Waals surface area (Å²) in [4.78, 5) is 12.7. The van der Waals surface area contributed by atoms with Crippen LogP contribution in [0, 0.1) is 5.92 Å². The highest BCUT2D eigenvalue weighted by molar-refractivity contribution is 7.91. The summed E-state index contributed by atoms with van der Waals surface area (Å²) in [6, 6.07) is 10.6. The van der Waals surface area contributed by atoms with Gasteiger partial charge in [0.05, 0.1) is 4.88 Å². The number of rotatable bonds is 6. The summed E-state index contributed by atoms with van der Waals surface area (Å²) in [6.07, 6.45) is 2.44. The Morgan fingerprint density at radius 1 is 1.19 bits per heavy atom. The van der Waals surface area contributed by atoms with E-state index in [-0.39, 0.29) is 10.1 Å². The SMILES string of the molecule is CC1CCN(S(=O)(=O)c2ccc(C(=O)NCCc3ccc(Cl)cc3)s2)CC1. The number of piperidine rings is 1. The van der Waals surface area contributed by atoms with Gasteiger partial charge in [-0.15, -0.1) is 11.3 Å². The van der Waals surface area contributed by atoms with Gasteiger partial charge in [-0.2, -0.15) is 4.31 Å². The first-order valence-electron chi connectivity index (χ1n) is 8.99. The lowest BCUT2D eigenvalue weighted by Crippen LogP contribution is -2.37. The van der Waals surface area contributed by atoms with Gasteiger partial charge in [-0.3, -0.25) is 4.79 Å². The first-order chi connectivity index (χ1) is 12.9. The highest BCUT2D eigenvalue weighted by atomic mass is 35.5. The highest BCUT2D eigenvalue weighted by Crippen LogP contribution is 2.28. The zero-order valence-corrected chi connectivity index (χ0v) is 17.5. The molecule has 1 aromatic carbocycles. The lowest BCUT2D eigenvalue weighted by atomic mass is 10.0. The molecule has 0 bridgehead atoms. The molecule has 1 N–H and O–H groups in total. The van der Waals surface area contributed by atoms with E-state index in [2.05, 4.69) is 12.2 Å². The Morgan fingerprint density at radius 3 is 2.52 bits per heavy atom. The predicted molar refractivity (Wildman–Crippen MR) is 109 cm³/mol. The van der Waals surface area contributed by atoms with Gasteiger partial charge in [0.1, 0.15) is 4.21 Å². The van der Waals surface area contributed by atoms with Gasteiger partial charge in [0.2, 0.25) is 0 Å². The van der Waals surface area contributed by atoms with Crippen molar-refractivity contribution in [1.82, 2.24) is 9.62 Å². The quantitative estimate of drug-likeness (QED) is 0.764. The number of carbonyl (C=O) groups is 1. The molecular formula is C19H23ClN2O3S2. The Balaban J connectivity index is 1.57. The van der Waals surface area contributed by atoms with Gasteiger partial charge >= 0.3 is 0 Å². The van der Waals surface area contributed by atoms with Crippen LogP contribution in [0.25, 0.3) is 0 Å². The number of thiophene rings is 1. The van der Waals surface area contributed by atoms with E-state index < -0.39 is 10.0 Å². The van der Waals surface area contributed by atoms with Gasteiger partial charge < -0.3 is 5.32 Å². The minimum absolute atomic E-state index is 0.236. The van der Waals surface area contributed by atoms with Crippen molar-refractivity contribution in [3.05, 3.63) is 51.9 Å². The summed E-state index contributed by atoms with van der Waals surface area (Å²) in [6.45, 7) is 3.71. The van der Waals surface area contributed by atoms with Crippen LogP contribution in [0.3, 0.4) is 0 Å². The van der Waals surface area contributed by atoms with Crippen molar-refractivity contribution in [1.29, 1.82) is 0 Å². The number of carbonyl (C=O) groups excluding carboxylic acids is 1. The minimum atomic E-state index is -3.51. The van der Waals surface area contributed by atoms with Crippen LogP contribution < -0.4 is 5.32 Å². The standard InChI is InChI=1S/C19H23ClN2O3S2/c1-14-9-12-22(13-10-14)27(24,25)18-7-6-17(26-18)19(23)21-11-8-15-2-4-16(20)5-3-15/h2-7,14H,8-13H2,1H3,(H,21,23). The molecule has 2 aromatic rings. The number of amides is 1. The van der Waals surface area contributed by atoms with Crippen LogP contribution in [0.4, 0.5) is 0 Å². The Hall–Kier alpha value is -1.41. The van der Waals surface area contributed by atoms with Crippen LogP contribution in [-0.4, -0.2) is 38.3 Å². The van der Waals surface area contributed by atoms with E-state index in [1.54, 1.807) is 6.07 Å². The maximum absolute atomic E-state index is 12.8. The maximum atomic E-state index is 12.8. The van der Waals surface area contributed by atoms with Crippen molar-refractivity contribution in [2.75, 3.05) is 19.6 Å². The van der Waals surface area contributed by atoms with E-state index in [0.29, 0.717) is 41.9 Å². The second-order valence-corrected chi connectivity index (χ2v) is 10.5. The lowest BCUT2D eigenvalue weighted by Gasteiger charge is -2.28. The van der Waals surface area contributed by atoms with E-state index >= 15 is 0 Å². The molecular weight excluding hydrogens is 404 g/mol. The Labute approximate surface area is 169 Å². The molecule has 1 aliphatic heterocycles. The minimum Gasteiger partial charge on any atom is -0.351 e. The number of hydrogen-bond acceptors (Lipinski definition) is 4. The van der Waals surface area contributed by atoms with Gasteiger partial charge in [-0.05, 0) is 55.0 Å². The summed E-state index contributed by atoms with van der Waals surface area (Å²) < 4.78 is 27.3. The summed E-state index contributed by atoms with van der Waals surface area (Å²) in [5.41, 5.74) is 1.08. The molecule has 0 aliphatic carbocycles. The number of hydrogen-bond donors (Lipinski definition) is 1. The molecule has 0 radical (unpaired) electrons. The van der Waals surface area contributed by atoms with E-state index in [4.69, 9.17) is 11.6 Å². The smallest absolute Gasteiger partial charge is 0.261 e. The largest absolute Gasteiger partial charge is 0.351 e. The zero-order valence-electron chi connectivity index (χ0n) is 15.2. The third kappa shape index (κ3) is 5.10. The molecule has 146 valence electrons. The number of nitrogens with zero attached hydrogens (tertiary/aromatic N) is 1. The van der Waals surface area contributed by atoms with Gasteiger partial charge in [0.25, 0.3) is 15.9 Å². The molecule has 5 nitrogen and oxygen atoms in total. The van der Waals surface area contributed by atoms with Gasteiger partial charge in [-0.25, -0.2) is 8.42 Å². The highest BCUT2D eigenvalue weighted by Gasteiger charge is 2.29. The molecule has 8 heteroatoms. The Kier molecular flexibility index (Phi) is 6.57. The Bertz CT molecular complexity index is 886. The van der Waals surface area contributed by atoms with Crippen molar-refractivity contribution in [3.8, 4) is 0 Å². The first kappa shape index (κ1) is 20.3. The van der Waals surface area contributed by atoms with Gasteiger partial charge in [-0.1, -0.05) is 30.7 Å². The molecule has 1 aromatic heterocycles. The molecule has 1 aliphatic rings. The van der Waals surface area contributed by atoms with E-state index in [1.165, 1.54) is 10.4 Å². The fraction of sp³-hybridized carbons (Fsp3) is 0.421. The number of benzene rings is 1. The molecule has 2 heterocycles. The summed E-state index contributed by atoms with van der Waals surface area (Å²) >= 11 is 6.89.